The Hall–Kier alpha value is -3.59. The molecule has 1 N–H and O–H groups in total. The number of carbonyl (C=O) groups is 2. The summed E-state index contributed by atoms with van der Waals surface area (Å²) >= 11 is 0. The molecule has 4 heterocycles. The zero-order valence-electron chi connectivity index (χ0n) is 21.4. The minimum Gasteiger partial charge on any atom is -0.339 e. The van der Waals surface area contributed by atoms with Gasteiger partial charge in [-0.25, -0.2) is 13.4 Å². The number of sulfone groups is 1. The van der Waals surface area contributed by atoms with E-state index in [9.17, 15) is 18.0 Å². The van der Waals surface area contributed by atoms with Crippen LogP contribution in [-0.2, 0) is 37.7 Å². The number of piperidine rings is 1. The maximum atomic E-state index is 13.6. The van der Waals surface area contributed by atoms with Crippen molar-refractivity contribution in [2.24, 2.45) is 5.92 Å². The lowest BCUT2D eigenvalue weighted by Gasteiger charge is -2.42. The van der Waals surface area contributed by atoms with Crippen molar-refractivity contribution < 1.29 is 18.0 Å². The quantitative estimate of drug-likeness (QED) is 0.542. The van der Waals surface area contributed by atoms with Gasteiger partial charge in [0, 0.05) is 48.6 Å². The predicted octanol–water partition coefficient (Wildman–Crippen LogP) is 3.28. The molecule has 38 heavy (non-hydrogen) atoms. The lowest BCUT2D eigenvalue weighted by molar-refractivity contribution is -0.141. The molecular weight excluding hydrogens is 500 g/mol. The molecule has 1 aromatic carbocycles. The summed E-state index contributed by atoms with van der Waals surface area (Å²) in [6.45, 7) is 4.50. The molecular formula is C29H30N4O4S. The van der Waals surface area contributed by atoms with E-state index in [0.29, 0.717) is 31.6 Å². The van der Waals surface area contributed by atoms with Crippen molar-refractivity contribution in [3.63, 3.8) is 0 Å². The molecule has 0 saturated carbocycles. The number of benzene rings is 1. The van der Waals surface area contributed by atoms with Crippen LogP contribution in [0.3, 0.4) is 0 Å². The van der Waals surface area contributed by atoms with Crippen molar-refractivity contribution in [3.8, 4) is 0 Å². The van der Waals surface area contributed by atoms with Crippen LogP contribution in [0.2, 0.25) is 0 Å². The number of aromatic nitrogens is 2. The zero-order chi connectivity index (χ0) is 26.7. The van der Waals surface area contributed by atoms with Gasteiger partial charge in [-0.2, -0.15) is 0 Å². The second-order valence-corrected chi connectivity index (χ2v) is 12.7. The number of fused-ring (bicyclic) bond motifs is 3. The standard InChI is InChI=1S/C29H30N4O4S/c1-3-33-18(2)23(19-8-5-4-6-9-19)13-21(27(33)34)17-38(36,37)22-12-20-14-29(15-25(20)31-16-22)24-10-7-11-30-26(24)32-28(29)35/h4-12,16,18,21,23H,3,13-15,17H2,1-2H3,(H,30,32,35)/t18-,21-,23-,29+/m1/s1. The van der Waals surface area contributed by atoms with Crippen molar-refractivity contribution >= 4 is 27.5 Å². The summed E-state index contributed by atoms with van der Waals surface area (Å²) < 4.78 is 27.3. The fraction of sp³-hybridized carbons (Fsp3) is 0.379. The fourth-order valence-electron chi connectivity index (χ4n) is 6.58. The van der Waals surface area contributed by atoms with E-state index >= 15 is 0 Å². The van der Waals surface area contributed by atoms with Gasteiger partial charge in [-0.05, 0) is 49.9 Å². The van der Waals surface area contributed by atoms with Crippen LogP contribution in [0.25, 0.3) is 0 Å². The van der Waals surface area contributed by atoms with Crippen LogP contribution < -0.4 is 5.32 Å². The van der Waals surface area contributed by atoms with Crippen LogP contribution in [0.1, 0.15) is 48.6 Å². The molecule has 3 aliphatic rings. The molecule has 1 saturated heterocycles. The largest absolute Gasteiger partial charge is 0.339 e. The van der Waals surface area contributed by atoms with Gasteiger partial charge in [-0.3, -0.25) is 14.6 Å². The van der Waals surface area contributed by atoms with Gasteiger partial charge in [-0.15, -0.1) is 0 Å². The number of pyridine rings is 2. The SMILES string of the molecule is CCN1C(=O)[C@@H](CS(=O)(=O)c2cnc3c(c2)C[C@@]2(C3)C(=O)Nc3ncccc32)C[C@@H](c2ccccc2)[C@H]1C. The Labute approximate surface area is 222 Å². The molecule has 3 aromatic rings. The van der Waals surface area contributed by atoms with E-state index in [2.05, 4.69) is 15.3 Å². The van der Waals surface area contributed by atoms with E-state index in [4.69, 9.17) is 0 Å². The Kier molecular flexibility index (Phi) is 5.86. The summed E-state index contributed by atoms with van der Waals surface area (Å²) in [7, 11) is -3.80. The lowest BCUT2D eigenvalue weighted by atomic mass is 9.79. The third-order valence-corrected chi connectivity index (χ3v) is 10.4. The average molecular weight is 531 g/mol. The zero-order valence-corrected chi connectivity index (χ0v) is 22.2. The highest BCUT2D eigenvalue weighted by molar-refractivity contribution is 7.91. The minimum atomic E-state index is -3.80. The van der Waals surface area contributed by atoms with Crippen molar-refractivity contribution in [3.05, 3.63) is 83.3 Å². The summed E-state index contributed by atoms with van der Waals surface area (Å²) in [6.07, 6.45) is 4.26. The van der Waals surface area contributed by atoms with E-state index in [0.717, 1.165) is 22.4 Å². The number of hydrogen-bond donors (Lipinski definition) is 1. The molecule has 2 aliphatic heterocycles. The fourth-order valence-corrected chi connectivity index (χ4v) is 8.12. The molecule has 1 fully saturated rings. The van der Waals surface area contributed by atoms with Crippen molar-refractivity contribution in [1.82, 2.24) is 14.9 Å². The van der Waals surface area contributed by atoms with Gasteiger partial charge >= 0.3 is 0 Å². The van der Waals surface area contributed by atoms with Gasteiger partial charge < -0.3 is 10.2 Å². The normalized spacial score (nSPS) is 26.4. The second-order valence-electron chi connectivity index (χ2n) is 10.7. The average Bonchev–Trinajstić information content (AvgIpc) is 3.43. The van der Waals surface area contributed by atoms with E-state index < -0.39 is 21.2 Å². The van der Waals surface area contributed by atoms with Crippen LogP contribution in [0, 0.1) is 5.92 Å². The number of likely N-dealkylation sites (N-methyl/N-ethyl adjacent to an activating group) is 1. The first-order valence-electron chi connectivity index (χ1n) is 13.1. The number of amides is 2. The molecule has 196 valence electrons. The monoisotopic (exact) mass is 530 g/mol. The van der Waals surface area contributed by atoms with E-state index in [-0.39, 0.29) is 34.4 Å². The maximum absolute atomic E-state index is 13.6. The molecule has 0 radical (unpaired) electrons. The third kappa shape index (κ3) is 3.83. The Bertz CT molecular complexity index is 1540. The van der Waals surface area contributed by atoms with Gasteiger partial charge in [0.25, 0.3) is 0 Å². The van der Waals surface area contributed by atoms with Crippen LogP contribution in [0.15, 0.2) is 65.8 Å². The summed E-state index contributed by atoms with van der Waals surface area (Å²) in [4.78, 5) is 37.0. The van der Waals surface area contributed by atoms with Crippen LogP contribution in [0.5, 0.6) is 0 Å². The Morgan fingerprint density at radius 3 is 2.63 bits per heavy atom. The first-order valence-corrected chi connectivity index (χ1v) is 14.7. The molecule has 2 aromatic heterocycles. The maximum Gasteiger partial charge on any atom is 0.237 e. The summed E-state index contributed by atoms with van der Waals surface area (Å²) in [6, 6.07) is 15.3. The Balaban J connectivity index is 1.28. The number of hydrogen-bond acceptors (Lipinski definition) is 6. The number of carbonyl (C=O) groups excluding carboxylic acids is 2. The smallest absolute Gasteiger partial charge is 0.237 e. The van der Waals surface area contributed by atoms with Crippen LogP contribution in [0.4, 0.5) is 5.82 Å². The lowest BCUT2D eigenvalue weighted by Crippen LogP contribution is -2.51. The van der Waals surface area contributed by atoms with Gasteiger partial charge in [-0.1, -0.05) is 36.4 Å². The first kappa shape index (κ1) is 24.7. The molecule has 8 nitrogen and oxygen atoms in total. The number of anilines is 1. The highest BCUT2D eigenvalue weighted by atomic mass is 32.2. The Morgan fingerprint density at radius 1 is 1.08 bits per heavy atom. The third-order valence-electron chi connectivity index (χ3n) is 8.58. The summed E-state index contributed by atoms with van der Waals surface area (Å²) in [5.41, 5.74) is 2.59. The molecule has 4 atom stereocenters. The summed E-state index contributed by atoms with van der Waals surface area (Å²) in [5, 5.41) is 2.86. The molecule has 1 aliphatic carbocycles. The molecule has 1 spiro atoms. The number of nitrogens with zero attached hydrogens (tertiary/aromatic N) is 3. The highest BCUT2D eigenvalue weighted by Crippen LogP contribution is 2.46. The van der Waals surface area contributed by atoms with Gasteiger partial charge in [0.1, 0.15) is 5.82 Å². The van der Waals surface area contributed by atoms with Crippen molar-refractivity contribution in [1.29, 1.82) is 0 Å². The minimum absolute atomic E-state index is 0.0124. The van der Waals surface area contributed by atoms with E-state index in [1.165, 1.54) is 6.20 Å². The Morgan fingerprint density at radius 2 is 1.87 bits per heavy atom. The predicted molar refractivity (Wildman–Crippen MR) is 142 cm³/mol. The van der Waals surface area contributed by atoms with Crippen molar-refractivity contribution in [2.45, 2.75) is 55.4 Å². The van der Waals surface area contributed by atoms with Crippen LogP contribution in [-0.4, -0.2) is 53.4 Å². The topological polar surface area (TPSA) is 109 Å². The molecule has 0 bridgehead atoms. The summed E-state index contributed by atoms with van der Waals surface area (Å²) in [5.74, 6) is -0.549. The highest BCUT2D eigenvalue weighted by Gasteiger charge is 2.52. The van der Waals surface area contributed by atoms with E-state index in [1.54, 1.807) is 23.2 Å². The van der Waals surface area contributed by atoms with Gasteiger partial charge in [0.2, 0.25) is 11.8 Å². The van der Waals surface area contributed by atoms with Gasteiger partial charge in [0.15, 0.2) is 9.84 Å². The number of likely N-dealkylation sites (tertiary alicyclic amines) is 1. The first-order chi connectivity index (χ1) is 18.2. The number of rotatable bonds is 5. The molecule has 2 amide bonds. The molecule has 0 unspecified atom stereocenters. The van der Waals surface area contributed by atoms with E-state index in [1.807, 2.05) is 50.2 Å². The molecule has 6 rings (SSSR count). The van der Waals surface area contributed by atoms with Gasteiger partial charge in [0.05, 0.1) is 22.0 Å². The van der Waals surface area contributed by atoms with Crippen molar-refractivity contribution in [2.75, 3.05) is 17.6 Å². The molecule has 9 heteroatoms. The number of nitrogens with one attached hydrogen (secondary N) is 1. The van der Waals surface area contributed by atoms with Crippen LogP contribution >= 0.6 is 0 Å². The second kappa shape index (κ2) is 9.01.